The molecule has 1 aromatic carbocycles. The maximum atomic E-state index is 12.1. The highest BCUT2D eigenvalue weighted by Crippen LogP contribution is 2.45. The molecule has 1 aromatic heterocycles. The van der Waals surface area contributed by atoms with Gasteiger partial charge in [0, 0.05) is 28.1 Å². The molecular weight excluding hydrogens is 356 g/mol. The van der Waals surface area contributed by atoms with E-state index in [1.165, 1.54) is 0 Å². The van der Waals surface area contributed by atoms with Crippen LogP contribution in [0.5, 0.6) is 5.75 Å². The van der Waals surface area contributed by atoms with Gasteiger partial charge in [-0.25, -0.2) is 0 Å². The topological polar surface area (TPSA) is 72.6 Å². The molecule has 1 aliphatic heterocycles. The van der Waals surface area contributed by atoms with Crippen LogP contribution < -0.4 is 10.1 Å². The van der Waals surface area contributed by atoms with Gasteiger partial charge in [0.2, 0.25) is 5.91 Å². The molecule has 1 saturated carbocycles. The number of aromatic nitrogens is 1. The lowest BCUT2D eigenvalue weighted by molar-refractivity contribution is -0.125. The highest BCUT2D eigenvalue weighted by molar-refractivity contribution is 6.32. The van der Waals surface area contributed by atoms with Gasteiger partial charge in [-0.05, 0) is 25.0 Å². The Bertz CT molecular complexity index is 809. The molecule has 1 atom stereocenters. The molecule has 7 heteroatoms. The van der Waals surface area contributed by atoms with Crippen LogP contribution in [0.25, 0.3) is 10.9 Å². The van der Waals surface area contributed by atoms with Crippen LogP contribution in [0.15, 0.2) is 18.2 Å². The van der Waals surface area contributed by atoms with E-state index in [1.54, 1.807) is 0 Å². The lowest BCUT2D eigenvalue weighted by Crippen LogP contribution is -2.33. The fourth-order valence-electron chi connectivity index (χ4n) is 3.02. The van der Waals surface area contributed by atoms with Crippen LogP contribution in [0.3, 0.4) is 0 Å². The van der Waals surface area contributed by atoms with Crippen molar-refractivity contribution in [3.05, 3.63) is 28.9 Å². The smallest absolute Gasteiger partial charge is 0.226 e. The van der Waals surface area contributed by atoms with Crippen LogP contribution in [0.1, 0.15) is 25.5 Å². The summed E-state index contributed by atoms with van der Waals surface area (Å²) in [6.45, 7) is 4.62. The zero-order chi connectivity index (χ0) is 18.1. The van der Waals surface area contributed by atoms with E-state index in [0.717, 1.165) is 29.4 Å². The van der Waals surface area contributed by atoms with Gasteiger partial charge < -0.3 is 24.5 Å². The summed E-state index contributed by atoms with van der Waals surface area (Å²) in [5.74, 6) is 0.726. The molecule has 2 aromatic rings. The van der Waals surface area contributed by atoms with E-state index in [-0.39, 0.29) is 17.4 Å². The quantitative estimate of drug-likeness (QED) is 0.810. The third kappa shape index (κ3) is 3.82. The van der Waals surface area contributed by atoms with Crippen molar-refractivity contribution < 1.29 is 19.0 Å². The third-order valence-electron chi connectivity index (χ3n) is 5.03. The lowest BCUT2D eigenvalue weighted by Gasteiger charge is -2.23. The number of ether oxygens (including phenoxy) is 3. The number of fused-ring (bicyclic) bond motifs is 1. The Kier molecular flexibility index (Phi) is 4.82. The van der Waals surface area contributed by atoms with Gasteiger partial charge in [0.1, 0.15) is 18.5 Å². The minimum absolute atomic E-state index is 0.0753. The molecular formula is C19H23ClN2O4. The van der Waals surface area contributed by atoms with Crippen molar-refractivity contribution in [3.8, 4) is 5.75 Å². The van der Waals surface area contributed by atoms with E-state index >= 15 is 0 Å². The molecule has 1 aliphatic carbocycles. The SMILES string of the molecule is CC1(C(=O)NCc2cc3cc(Cl)c(OCC4COCCO4)cc3[nH]2)CC1. The second-order valence-electron chi connectivity index (χ2n) is 7.29. The molecule has 2 fully saturated rings. The molecule has 0 bridgehead atoms. The summed E-state index contributed by atoms with van der Waals surface area (Å²) in [7, 11) is 0. The molecule has 0 spiro atoms. The molecule has 140 valence electrons. The Morgan fingerprint density at radius 1 is 1.38 bits per heavy atom. The van der Waals surface area contributed by atoms with Gasteiger partial charge in [-0.3, -0.25) is 4.79 Å². The Morgan fingerprint density at radius 3 is 2.96 bits per heavy atom. The molecule has 26 heavy (non-hydrogen) atoms. The van der Waals surface area contributed by atoms with Crippen LogP contribution in [0, 0.1) is 5.41 Å². The van der Waals surface area contributed by atoms with Gasteiger partial charge in [-0.15, -0.1) is 0 Å². The maximum Gasteiger partial charge on any atom is 0.226 e. The average molecular weight is 379 g/mol. The van der Waals surface area contributed by atoms with Gasteiger partial charge in [0.15, 0.2) is 0 Å². The first kappa shape index (κ1) is 17.6. The summed E-state index contributed by atoms with van der Waals surface area (Å²) in [6.07, 6.45) is 1.86. The number of amides is 1. The number of nitrogens with one attached hydrogen (secondary N) is 2. The first-order valence-electron chi connectivity index (χ1n) is 8.95. The maximum absolute atomic E-state index is 12.1. The summed E-state index contributed by atoms with van der Waals surface area (Å²) in [4.78, 5) is 15.4. The number of hydrogen-bond donors (Lipinski definition) is 2. The summed E-state index contributed by atoms with van der Waals surface area (Å²) in [5, 5.41) is 4.53. The lowest BCUT2D eigenvalue weighted by atomic mass is 10.1. The Morgan fingerprint density at radius 2 is 2.23 bits per heavy atom. The first-order valence-corrected chi connectivity index (χ1v) is 9.33. The van der Waals surface area contributed by atoms with Crippen molar-refractivity contribution in [2.45, 2.75) is 32.4 Å². The predicted molar refractivity (Wildman–Crippen MR) is 98.6 cm³/mol. The molecule has 2 heterocycles. The van der Waals surface area contributed by atoms with E-state index in [1.807, 2.05) is 25.1 Å². The number of carbonyl (C=O) groups is 1. The fourth-order valence-corrected chi connectivity index (χ4v) is 3.24. The zero-order valence-corrected chi connectivity index (χ0v) is 15.5. The summed E-state index contributed by atoms with van der Waals surface area (Å²) in [5.41, 5.74) is 1.70. The number of rotatable bonds is 6. The number of hydrogen-bond acceptors (Lipinski definition) is 4. The van der Waals surface area contributed by atoms with Gasteiger partial charge in [-0.1, -0.05) is 18.5 Å². The van der Waals surface area contributed by atoms with Crippen molar-refractivity contribution in [2.75, 3.05) is 26.4 Å². The number of aromatic amines is 1. The Balaban J connectivity index is 1.41. The first-order chi connectivity index (χ1) is 12.5. The second kappa shape index (κ2) is 7.10. The Labute approximate surface area is 157 Å². The van der Waals surface area contributed by atoms with Gasteiger partial charge in [0.05, 0.1) is 31.4 Å². The van der Waals surface area contributed by atoms with Crippen LogP contribution >= 0.6 is 11.6 Å². The van der Waals surface area contributed by atoms with Gasteiger partial charge in [0.25, 0.3) is 0 Å². The Hall–Kier alpha value is -1.76. The van der Waals surface area contributed by atoms with Crippen LogP contribution in [0.2, 0.25) is 5.02 Å². The molecule has 1 saturated heterocycles. The number of carbonyl (C=O) groups excluding carboxylic acids is 1. The monoisotopic (exact) mass is 378 g/mol. The third-order valence-corrected chi connectivity index (χ3v) is 5.32. The van der Waals surface area contributed by atoms with Crippen molar-refractivity contribution in [1.29, 1.82) is 0 Å². The van der Waals surface area contributed by atoms with E-state index < -0.39 is 0 Å². The minimum Gasteiger partial charge on any atom is -0.489 e. The van der Waals surface area contributed by atoms with Crippen molar-refractivity contribution >= 4 is 28.4 Å². The van der Waals surface area contributed by atoms with E-state index in [4.69, 9.17) is 25.8 Å². The number of halogens is 1. The predicted octanol–water partition coefficient (Wildman–Crippen LogP) is 3.03. The summed E-state index contributed by atoms with van der Waals surface area (Å²) >= 11 is 6.35. The molecule has 1 unspecified atom stereocenters. The molecule has 4 rings (SSSR count). The fraction of sp³-hybridized carbons (Fsp3) is 0.526. The summed E-state index contributed by atoms with van der Waals surface area (Å²) in [6, 6.07) is 5.75. The largest absolute Gasteiger partial charge is 0.489 e. The van der Waals surface area contributed by atoms with Crippen LogP contribution in [-0.4, -0.2) is 43.4 Å². The number of benzene rings is 1. The van der Waals surface area contributed by atoms with E-state index in [2.05, 4.69) is 10.3 Å². The normalized spacial score (nSPS) is 21.5. The van der Waals surface area contributed by atoms with Crippen molar-refractivity contribution in [1.82, 2.24) is 10.3 Å². The van der Waals surface area contributed by atoms with Gasteiger partial charge in [-0.2, -0.15) is 0 Å². The molecule has 2 aliphatic rings. The molecule has 0 radical (unpaired) electrons. The molecule has 6 nitrogen and oxygen atoms in total. The second-order valence-corrected chi connectivity index (χ2v) is 7.69. The van der Waals surface area contributed by atoms with Crippen molar-refractivity contribution in [3.63, 3.8) is 0 Å². The zero-order valence-electron chi connectivity index (χ0n) is 14.8. The molecule has 2 N–H and O–H groups in total. The molecule has 1 amide bonds. The van der Waals surface area contributed by atoms with Crippen LogP contribution in [-0.2, 0) is 20.8 Å². The van der Waals surface area contributed by atoms with Crippen LogP contribution in [0.4, 0.5) is 0 Å². The highest BCUT2D eigenvalue weighted by Gasteiger charge is 2.44. The summed E-state index contributed by atoms with van der Waals surface area (Å²) < 4.78 is 16.8. The average Bonchev–Trinajstić information content (AvgIpc) is 3.27. The highest BCUT2D eigenvalue weighted by atomic mass is 35.5. The van der Waals surface area contributed by atoms with E-state index in [9.17, 15) is 4.79 Å². The van der Waals surface area contributed by atoms with E-state index in [0.29, 0.717) is 43.7 Å². The standard InChI is InChI=1S/C19H23ClN2O4/c1-19(2-3-19)18(23)21-9-13-6-12-7-15(20)17(8-16(12)22-13)26-11-14-10-24-4-5-25-14/h6-8,14,22H,2-5,9-11H2,1H3,(H,21,23). The van der Waals surface area contributed by atoms with Crippen molar-refractivity contribution in [2.24, 2.45) is 5.41 Å². The van der Waals surface area contributed by atoms with Gasteiger partial charge >= 0.3 is 0 Å². The number of H-pyrrole nitrogens is 1. The minimum atomic E-state index is -0.165.